The van der Waals surface area contributed by atoms with Gasteiger partial charge in [0.2, 0.25) is 0 Å². The summed E-state index contributed by atoms with van der Waals surface area (Å²) >= 11 is 0. The Kier molecular flexibility index (Phi) is 8.49. The maximum Gasteiger partial charge on any atom is 0.191 e. The van der Waals surface area contributed by atoms with Crippen LogP contribution < -0.4 is 15.5 Å². The first-order chi connectivity index (χ1) is 13.2. The lowest BCUT2D eigenvalue weighted by Crippen LogP contribution is -2.45. The van der Waals surface area contributed by atoms with Gasteiger partial charge in [0, 0.05) is 38.1 Å². The number of guanidine groups is 1. The van der Waals surface area contributed by atoms with Crippen molar-refractivity contribution in [3.05, 3.63) is 60.6 Å². The van der Waals surface area contributed by atoms with E-state index in [4.69, 9.17) is 0 Å². The van der Waals surface area contributed by atoms with Gasteiger partial charge in [0.1, 0.15) is 6.54 Å². The second-order valence-electron chi connectivity index (χ2n) is 6.42. The number of aliphatic imine (C=N–C) groups is 1. The Morgan fingerprint density at radius 1 is 1.11 bits per heavy atom. The summed E-state index contributed by atoms with van der Waals surface area (Å²) < 4.78 is 1.96. The molecule has 0 saturated heterocycles. The number of halogens is 1. The molecule has 0 radical (unpaired) electrons. The lowest BCUT2D eigenvalue weighted by Gasteiger charge is -2.27. The third-order valence-corrected chi connectivity index (χ3v) is 4.50. The Hall–Kier alpha value is -2.36. The highest BCUT2D eigenvalue weighted by atomic mass is 127. The fourth-order valence-corrected chi connectivity index (χ4v) is 2.79. The Bertz CT molecular complexity index is 878. The fourth-order valence-electron chi connectivity index (χ4n) is 2.79. The van der Waals surface area contributed by atoms with Gasteiger partial charge in [-0.15, -0.1) is 34.2 Å². The summed E-state index contributed by atoms with van der Waals surface area (Å²) in [7, 11) is 2.11. The summed E-state index contributed by atoms with van der Waals surface area (Å²) in [5.74, 6) is 1.59. The van der Waals surface area contributed by atoms with Gasteiger partial charge in [0.15, 0.2) is 17.4 Å². The molecule has 0 bridgehead atoms. The number of hydrogen-bond acceptors (Lipinski definition) is 4. The van der Waals surface area contributed by atoms with Gasteiger partial charge in [-0.2, -0.15) is 0 Å². The number of aromatic nitrogens is 3. The first kappa shape index (κ1) is 21.9. The van der Waals surface area contributed by atoms with Crippen molar-refractivity contribution in [2.24, 2.45) is 4.99 Å². The maximum atomic E-state index is 4.66. The van der Waals surface area contributed by atoms with Crippen LogP contribution in [-0.4, -0.2) is 46.7 Å². The molecule has 2 aromatic heterocycles. The minimum Gasteiger partial charge on any atom is -0.370 e. The largest absolute Gasteiger partial charge is 0.370 e. The zero-order valence-corrected chi connectivity index (χ0v) is 18.9. The highest BCUT2D eigenvalue weighted by Gasteiger charge is 2.11. The minimum atomic E-state index is 0. The molecule has 3 aromatic rings. The molecule has 1 unspecified atom stereocenters. The van der Waals surface area contributed by atoms with Gasteiger partial charge in [-0.3, -0.25) is 4.40 Å². The summed E-state index contributed by atoms with van der Waals surface area (Å²) in [5.41, 5.74) is 2.03. The van der Waals surface area contributed by atoms with Crippen LogP contribution in [0.3, 0.4) is 0 Å². The van der Waals surface area contributed by atoms with Crippen molar-refractivity contribution in [1.82, 2.24) is 25.2 Å². The lowest BCUT2D eigenvalue weighted by molar-refractivity contribution is 0.648. The molecule has 0 amide bonds. The number of para-hydroxylation sites is 1. The van der Waals surface area contributed by atoms with E-state index in [1.807, 2.05) is 34.9 Å². The van der Waals surface area contributed by atoms with E-state index in [9.17, 15) is 0 Å². The maximum absolute atomic E-state index is 4.66. The zero-order chi connectivity index (χ0) is 19.1. The molecule has 2 N–H and O–H groups in total. The van der Waals surface area contributed by atoms with E-state index in [-0.39, 0.29) is 24.0 Å². The third kappa shape index (κ3) is 5.57. The number of anilines is 1. The molecule has 0 aliphatic rings. The van der Waals surface area contributed by atoms with Crippen LogP contribution in [0.1, 0.15) is 19.7 Å². The summed E-state index contributed by atoms with van der Waals surface area (Å²) in [4.78, 5) is 6.92. The van der Waals surface area contributed by atoms with Gasteiger partial charge in [-0.25, -0.2) is 4.99 Å². The van der Waals surface area contributed by atoms with E-state index in [1.165, 1.54) is 5.69 Å². The van der Waals surface area contributed by atoms with Crippen molar-refractivity contribution in [1.29, 1.82) is 0 Å². The molecule has 0 aliphatic heterocycles. The molecule has 1 aromatic carbocycles. The molecular formula is C20H28IN7. The van der Waals surface area contributed by atoms with Gasteiger partial charge in [0.25, 0.3) is 0 Å². The summed E-state index contributed by atoms with van der Waals surface area (Å²) in [6.45, 7) is 6.29. The van der Waals surface area contributed by atoms with E-state index in [0.29, 0.717) is 12.6 Å². The highest BCUT2D eigenvalue weighted by molar-refractivity contribution is 14.0. The highest BCUT2D eigenvalue weighted by Crippen LogP contribution is 2.13. The SMILES string of the molecule is CCNC(=NCc1nnc2ccccn12)NCC(C)N(C)c1ccccc1.I. The van der Waals surface area contributed by atoms with Crippen LogP contribution in [0.25, 0.3) is 5.65 Å². The Morgan fingerprint density at radius 2 is 1.86 bits per heavy atom. The Balaban J connectivity index is 0.00000280. The van der Waals surface area contributed by atoms with Crippen LogP contribution in [0.4, 0.5) is 5.69 Å². The smallest absolute Gasteiger partial charge is 0.191 e. The molecule has 3 rings (SSSR count). The second-order valence-corrected chi connectivity index (χ2v) is 6.42. The van der Waals surface area contributed by atoms with Crippen molar-refractivity contribution in [3.8, 4) is 0 Å². The van der Waals surface area contributed by atoms with E-state index >= 15 is 0 Å². The van der Waals surface area contributed by atoms with Crippen LogP contribution in [-0.2, 0) is 6.54 Å². The second kappa shape index (κ2) is 10.8. The lowest BCUT2D eigenvalue weighted by atomic mass is 10.2. The van der Waals surface area contributed by atoms with Crippen LogP contribution >= 0.6 is 24.0 Å². The zero-order valence-electron chi connectivity index (χ0n) is 16.5. The number of likely N-dealkylation sites (N-methyl/N-ethyl adjacent to an activating group) is 1. The predicted molar refractivity (Wildman–Crippen MR) is 126 cm³/mol. The predicted octanol–water partition coefficient (Wildman–Crippen LogP) is 2.93. The summed E-state index contributed by atoms with van der Waals surface area (Å²) in [6.07, 6.45) is 1.96. The van der Waals surface area contributed by atoms with E-state index < -0.39 is 0 Å². The normalized spacial score (nSPS) is 12.3. The van der Waals surface area contributed by atoms with Crippen LogP contribution in [0.2, 0.25) is 0 Å². The molecule has 28 heavy (non-hydrogen) atoms. The van der Waals surface area contributed by atoms with Crippen molar-refractivity contribution >= 4 is 41.3 Å². The van der Waals surface area contributed by atoms with E-state index in [1.54, 1.807) is 0 Å². The Morgan fingerprint density at radius 3 is 2.61 bits per heavy atom. The number of nitrogens with zero attached hydrogens (tertiary/aromatic N) is 5. The number of hydrogen-bond donors (Lipinski definition) is 2. The van der Waals surface area contributed by atoms with Crippen molar-refractivity contribution < 1.29 is 0 Å². The Labute approximate surface area is 183 Å². The topological polar surface area (TPSA) is 69.8 Å². The quantitative estimate of drug-likeness (QED) is 0.301. The van der Waals surface area contributed by atoms with E-state index in [0.717, 1.165) is 30.5 Å². The molecule has 7 nitrogen and oxygen atoms in total. The van der Waals surface area contributed by atoms with Gasteiger partial charge in [-0.1, -0.05) is 24.3 Å². The summed E-state index contributed by atoms with van der Waals surface area (Å²) in [6, 6.07) is 16.5. The average molecular weight is 493 g/mol. The minimum absolute atomic E-state index is 0. The molecular weight excluding hydrogens is 465 g/mol. The van der Waals surface area contributed by atoms with Crippen molar-refractivity contribution in [3.63, 3.8) is 0 Å². The number of fused-ring (bicyclic) bond motifs is 1. The number of rotatable bonds is 7. The molecule has 1 atom stereocenters. The molecule has 2 heterocycles. The standard InChI is InChI=1S/C20H27N7.HI/c1-4-21-20(22-14-16(2)26(3)17-10-6-5-7-11-17)23-15-19-25-24-18-12-8-9-13-27(18)19;/h5-13,16H,4,14-15H2,1-3H3,(H2,21,22,23);1H. The monoisotopic (exact) mass is 493 g/mol. The van der Waals surface area contributed by atoms with E-state index in [2.05, 4.69) is 75.9 Å². The van der Waals surface area contributed by atoms with Gasteiger partial charge < -0.3 is 15.5 Å². The number of pyridine rings is 1. The molecule has 0 aliphatic carbocycles. The number of benzene rings is 1. The third-order valence-electron chi connectivity index (χ3n) is 4.50. The molecule has 0 fully saturated rings. The first-order valence-electron chi connectivity index (χ1n) is 9.27. The van der Waals surface area contributed by atoms with Crippen LogP contribution in [0, 0.1) is 0 Å². The number of nitrogens with one attached hydrogen (secondary N) is 2. The first-order valence-corrected chi connectivity index (χ1v) is 9.27. The summed E-state index contributed by atoms with van der Waals surface area (Å²) in [5, 5.41) is 15.1. The average Bonchev–Trinajstić information content (AvgIpc) is 3.13. The molecule has 0 saturated carbocycles. The van der Waals surface area contributed by atoms with Crippen LogP contribution in [0.15, 0.2) is 59.7 Å². The molecule has 150 valence electrons. The van der Waals surface area contributed by atoms with Crippen LogP contribution in [0.5, 0.6) is 0 Å². The molecule has 8 heteroatoms. The fraction of sp³-hybridized carbons (Fsp3) is 0.350. The van der Waals surface area contributed by atoms with Crippen molar-refractivity contribution in [2.75, 3.05) is 25.0 Å². The molecule has 0 spiro atoms. The van der Waals surface area contributed by atoms with Gasteiger partial charge in [-0.05, 0) is 38.1 Å². The van der Waals surface area contributed by atoms with Gasteiger partial charge >= 0.3 is 0 Å². The van der Waals surface area contributed by atoms with Crippen molar-refractivity contribution in [2.45, 2.75) is 26.4 Å². The van der Waals surface area contributed by atoms with Gasteiger partial charge in [0.05, 0.1) is 0 Å².